The number of aryl methyl sites for hydroxylation is 3. The van der Waals surface area contributed by atoms with Crippen LogP contribution in [0.2, 0.25) is 0 Å². The predicted octanol–water partition coefficient (Wildman–Crippen LogP) is 5.31. The smallest absolute Gasteiger partial charge is 0.0651 e. The molecular weight excluding hydrogens is 444 g/mol. The fourth-order valence-electron chi connectivity index (χ4n) is 5.20. The second kappa shape index (κ2) is 12.1. The van der Waals surface area contributed by atoms with Crippen molar-refractivity contribution in [2.45, 2.75) is 64.7 Å². The first-order valence-electron chi connectivity index (χ1n) is 13.1. The largest absolute Gasteiger partial charge is 0.307 e. The Morgan fingerprint density at radius 2 is 1.83 bits per heavy atom. The van der Waals surface area contributed by atoms with Crippen LogP contribution in [0, 0.1) is 6.92 Å². The minimum absolute atomic E-state index is 0.370. The van der Waals surface area contributed by atoms with Crippen LogP contribution < -0.4 is 5.32 Å². The molecule has 1 aromatic carbocycles. The molecule has 4 aromatic rings. The monoisotopic (exact) mass is 480 g/mol. The molecule has 1 aliphatic rings. The lowest BCUT2D eigenvalue weighted by molar-refractivity contribution is 0.163. The zero-order valence-corrected chi connectivity index (χ0v) is 21.2. The fourth-order valence-corrected chi connectivity index (χ4v) is 5.20. The summed E-state index contributed by atoms with van der Waals surface area (Å²) < 4.78 is 0. The van der Waals surface area contributed by atoms with Gasteiger partial charge in [-0.3, -0.25) is 20.0 Å². The summed E-state index contributed by atoms with van der Waals surface area (Å²) in [6, 6.07) is 19.8. The van der Waals surface area contributed by atoms with Crippen LogP contribution in [0.5, 0.6) is 0 Å². The van der Waals surface area contributed by atoms with Gasteiger partial charge in [0, 0.05) is 38.2 Å². The highest BCUT2D eigenvalue weighted by molar-refractivity contribution is 5.27. The van der Waals surface area contributed by atoms with Crippen LogP contribution in [0.1, 0.15) is 64.6 Å². The first-order valence-corrected chi connectivity index (χ1v) is 13.1. The minimum atomic E-state index is 0.370. The lowest BCUT2D eigenvalue weighted by atomic mass is 9.90. The lowest BCUT2D eigenvalue weighted by Gasteiger charge is -2.35. The predicted molar refractivity (Wildman–Crippen MR) is 143 cm³/mol. The highest BCUT2D eigenvalue weighted by Gasteiger charge is 2.27. The molecule has 1 atom stereocenters. The van der Waals surface area contributed by atoms with Crippen LogP contribution in [-0.2, 0) is 32.5 Å². The van der Waals surface area contributed by atoms with Gasteiger partial charge in [-0.05, 0) is 86.0 Å². The Labute approximate surface area is 214 Å². The van der Waals surface area contributed by atoms with E-state index >= 15 is 0 Å². The van der Waals surface area contributed by atoms with E-state index in [4.69, 9.17) is 4.98 Å². The summed E-state index contributed by atoms with van der Waals surface area (Å²) in [6.45, 7) is 5.70. The summed E-state index contributed by atoms with van der Waals surface area (Å²) in [7, 11) is 0. The maximum atomic E-state index is 4.84. The molecule has 3 aromatic heterocycles. The van der Waals surface area contributed by atoms with Crippen LogP contribution in [0.4, 0.5) is 0 Å². The van der Waals surface area contributed by atoms with Gasteiger partial charge in [-0.2, -0.15) is 5.10 Å². The third-order valence-electron chi connectivity index (χ3n) is 7.17. The highest BCUT2D eigenvalue weighted by Crippen LogP contribution is 2.34. The van der Waals surface area contributed by atoms with Crippen LogP contribution >= 0.6 is 0 Å². The van der Waals surface area contributed by atoms with Gasteiger partial charge < -0.3 is 5.32 Å². The highest BCUT2D eigenvalue weighted by atomic mass is 15.2. The van der Waals surface area contributed by atoms with E-state index in [1.54, 1.807) is 0 Å². The summed E-state index contributed by atoms with van der Waals surface area (Å²) in [5, 5.41) is 10.9. The molecule has 0 spiro atoms. The van der Waals surface area contributed by atoms with E-state index in [1.165, 1.54) is 46.5 Å². The van der Waals surface area contributed by atoms with Crippen molar-refractivity contribution in [2.75, 3.05) is 6.54 Å². The Balaban J connectivity index is 1.24. The Bertz CT molecular complexity index is 1220. The van der Waals surface area contributed by atoms with Crippen molar-refractivity contribution < 1.29 is 0 Å². The van der Waals surface area contributed by atoms with Gasteiger partial charge in [-0.15, -0.1) is 0 Å². The average Bonchev–Trinajstić information content (AvgIpc) is 3.34. The summed E-state index contributed by atoms with van der Waals surface area (Å²) in [6.07, 6.45) is 11.4. The molecule has 186 valence electrons. The molecular formula is C30H36N6. The maximum Gasteiger partial charge on any atom is 0.0651 e. The molecule has 36 heavy (non-hydrogen) atoms. The van der Waals surface area contributed by atoms with Crippen molar-refractivity contribution in [1.82, 2.24) is 30.4 Å². The van der Waals surface area contributed by atoms with Crippen molar-refractivity contribution in [2.24, 2.45) is 0 Å². The van der Waals surface area contributed by atoms with Crippen molar-refractivity contribution in [3.8, 4) is 0 Å². The average molecular weight is 481 g/mol. The van der Waals surface area contributed by atoms with Gasteiger partial charge >= 0.3 is 0 Å². The van der Waals surface area contributed by atoms with Gasteiger partial charge in [-0.1, -0.05) is 36.4 Å². The molecule has 0 bridgehead atoms. The summed E-state index contributed by atoms with van der Waals surface area (Å²) in [5.41, 5.74) is 8.82. The van der Waals surface area contributed by atoms with Crippen LogP contribution in [0.15, 0.2) is 73.2 Å². The van der Waals surface area contributed by atoms with Gasteiger partial charge in [-0.25, -0.2) is 0 Å². The topological polar surface area (TPSA) is 69.7 Å². The molecule has 0 radical (unpaired) electrons. The Morgan fingerprint density at radius 3 is 2.64 bits per heavy atom. The molecule has 0 fully saturated rings. The number of pyridine rings is 2. The van der Waals surface area contributed by atoms with Gasteiger partial charge in [0.25, 0.3) is 0 Å². The van der Waals surface area contributed by atoms with E-state index < -0.39 is 0 Å². The molecule has 2 N–H and O–H groups in total. The zero-order chi connectivity index (χ0) is 24.6. The number of aromatic nitrogens is 4. The van der Waals surface area contributed by atoms with Gasteiger partial charge in [0.1, 0.15) is 0 Å². The second-order valence-corrected chi connectivity index (χ2v) is 9.79. The van der Waals surface area contributed by atoms with Crippen molar-refractivity contribution >= 4 is 0 Å². The maximum absolute atomic E-state index is 4.84. The molecule has 0 saturated carbocycles. The van der Waals surface area contributed by atoms with E-state index in [1.807, 2.05) is 30.7 Å². The van der Waals surface area contributed by atoms with Gasteiger partial charge in [0.2, 0.25) is 0 Å². The first kappa shape index (κ1) is 24.3. The molecule has 0 saturated heterocycles. The summed E-state index contributed by atoms with van der Waals surface area (Å²) in [4.78, 5) is 11.9. The van der Waals surface area contributed by atoms with Crippen LogP contribution in [0.3, 0.4) is 0 Å². The molecule has 6 nitrogen and oxygen atoms in total. The van der Waals surface area contributed by atoms with Gasteiger partial charge in [0.05, 0.1) is 23.1 Å². The molecule has 0 aliphatic heterocycles. The van der Waals surface area contributed by atoms with Crippen molar-refractivity contribution in [1.29, 1.82) is 0 Å². The molecule has 1 aliphatic carbocycles. The van der Waals surface area contributed by atoms with E-state index in [0.29, 0.717) is 6.04 Å². The molecule has 0 amide bonds. The number of aromatic amines is 1. The minimum Gasteiger partial charge on any atom is -0.307 e. The standard InChI is InChI=1S/C30H36N6/c1-23-19-34-35-28(23)10-6-18-36(29-11-4-7-26-8-5-17-33-30(26)29)22-25-14-12-24(13-15-25)20-31-21-27-9-2-3-16-32-27/h2-3,5,8-9,12-17,19,29,31H,4,6-7,10-11,18,20-22H2,1H3,(H,34,35). The number of H-pyrrole nitrogens is 1. The van der Waals surface area contributed by atoms with Crippen molar-refractivity contribution in [3.63, 3.8) is 0 Å². The lowest BCUT2D eigenvalue weighted by Crippen LogP contribution is -2.33. The number of rotatable bonds is 11. The summed E-state index contributed by atoms with van der Waals surface area (Å²) >= 11 is 0. The molecule has 1 unspecified atom stereocenters. The molecule has 5 rings (SSSR count). The number of hydrogen-bond acceptors (Lipinski definition) is 5. The van der Waals surface area contributed by atoms with Crippen molar-refractivity contribution in [3.05, 3.63) is 113 Å². The normalized spacial score (nSPS) is 15.2. The third kappa shape index (κ3) is 6.25. The van der Waals surface area contributed by atoms with Crippen LogP contribution in [0.25, 0.3) is 0 Å². The number of fused-ring (bicyclic) bond motifs is 1. The van der Waals surface area contributed by atoms with E-state index in [2.05, 4.69) is 74.8 Å². The number of nitrogens with zero attached hydrogens (tertiary/aromatic N) is 4. The molecule has 3 heterocycles. The zero-order valence-electron chi connectivity index (χ0n) is 21.2. The number of nitrogens with one attached hydrogen (secondary N) is 2. The Morgan fingerprint density at radius 1 is 0.972 bits per heavy atom. The molecule has 6 heteroatoms. The number of benzene rings is 1. The van der Waals surface area contributed by atoms with E-state index in [-0.39, 0.29) is 0 Å². The first-order chi connectivity index (χ1) is 17.8. The summed E-state index contributed by atoms with van der Waals surface area (Å²) in [5.74, 6) is 0. The quantitative estimate of drug-likeness (QED) is 0.304. The Kier molecular flexibility index (Phi) is 8.16. The SMILES string of the molecule is Cc1c[nH]nc1CCCN(Cc1ccc(CNCc2ccccn2)cc1)C1CCCc2cccnc21. The van der Waals surface area contributed by atoms with Crippen LogP contribution in [-0.4, -0.2) is 31.6 Å². The third-order valence-corrected chi connectivity index (χ3v) is 7.17. The van der Waals surface area contributed by atoms with Gasteiger partial charge in [0.15, 0.2) is 0 Å². The fraction of sp³-hybridized carbons (Fsp3) is 0.367. The number of hydrogen-bond donors (Lipinski definition) is 2. The van der Waals surface area contributed by atoms with E-state index in [0.717, 1.165) is 51.1 Å². The van der Waals surface area contributed by atoms with E-state index in [9.17, 15) is 0 Å². The second-order valence-electron chi connectivity index (χ2n) is 9.79. The Hall–Kier alpha value is -3.35.